The van der Waals surface area contributed by atoms with Crippen molar-refractivity contribution in [3.8, 4) is 5.75 Å². The van der Waals surface area contributed by atoms with Crippen molar-refractivity contribution in [1.29, 1.82) is 0 Å². The Morgan fingerprint density at radius 1 is 1.60 bits per heavy atom. The molecule has 0 amide bonds. The number of aromatic hydroxyl groups is 1. The predicted molar refractivity (Wildman–Crippen MR) is 53.0 cm³/mol. The van der Waals surface area contributed by atoms with E-state index >= 15 is 0 Å². The van der Waals surface area contributed by atoms with E-state index in [1.807, 2.05) is 0 Å². The van der Waals surface area contributed by atoms with Crippen LogP contribution in [0.3, 0.4) is 0 Å². The average Bonchev–Trinajstić information content (AvgIpc) is 2.62. The van der Waals surface area contributed by atoms with Crippen LogP contribution in [0.25, 0.3) is 0 Å². The number of hydrogen-bond acceptors (Lipinski definition) is 4. The Hall–Kier alpha value is -1.36. The molecule has 1 aliphatic heterocycles. The van der Waals surface area contributed by atoms with Crippen LogP contribution < -0.4 is 0 Å². The summed E-state index contributed by atoms with van der Waals surface area (Å²) in [6, 6.07) is 0.234. The Labute approximate surface area is 87.7 Å². The van der Waals surface area contributed by atoms with Crippen LogP contribution in [0, 0.1) is 0 Å². The molecule has 1 aromatic rings. The van der Waals surface area contributed by atoms with Crippen LogP contribution in [0.1, 0.15) is 36.3 Å². The van der Waals surface area contributed by atoms with E-state index in [2.05, 4.69) is 5.10 Å². The molecule has 0 aliphatic carbocycles. The lowest BCUT2D eigenvalue weighted by Crippen LogP contribution is -2.20. The first-order valence-electron chi connectivity index (χ1n) is 5.05. The first-order valence-corrected chi connectivity index (χ1v) is 5.05. The third-order valence-corrected chi connectivity index (χ3v) is 2.61. The molecule has 1 fully saturated rings. The number of carbonyl (C=O) groups excluding carboxylic acids is 1. The van der Waals surface area contributed by atoms with Crippen molar-refractivity contribution in [1.82, 2.24) is 9.78 Å². The van der Waals surface area contributed by atoms with E-state index in [1.165, 1.54) is 13.1 Å². The van der Waals surface area contributed by atoms with Crippen molar-refractivity contribution in [2.24, 2.45) is 0 Å². The monoisotopic (exact) mass is 210 g/mol. The lowest BCUT2D eigenvalue weighted by atomic mass is 10.1. The number of Topliss-reactive ketones (excluding diaryl/α,β-unsaturated/α-hetero) is 1. The topological polar surface area (TPSA) is 64.4 Å². The molecule has 0 atom stereocenters. The average molecular weight is 210 g/mol. The predicted octanol–water partition coefficient (Wildman–Crippen LogP) is 1.14. The second kappa shape index (κ2) is 4.02. The van der Waals surface area contributed by atoms with Crippen LogP contribution >= 0.6 is 0 Å². The van der Waals surface area contributed by atoms with Gasteiger partial charge in [0.25, 0.3) is 0 Å². The first kappa shape index (κ1) is 10.2. The van der Waals surface area contributed by atoms with Gasteiger partial charge in [-0.15, -0.1) is 0 Å². The number of carbonyl (C=O) groups is 1. The SMILES string of the molecule is CC(=O)c1nn(C2CCOCC2)cc1O. The zero-order valence-corrected chi connectivity index (χ0v) is 8.64. The fraction of sp³-hybridized carbons (Fsp3) is 0.600. The molecule has 2 rings (SSSR count). The molecular formula is C10H14N2O3. The van der Waals surface area contributed by atoms with E-state index < -0.39 is 0 Å². The van der Waals surface area contributed by atoms with Crippen molar-refractivity contribution >= 4 is 5.78 Å². The van der Waals surface area contributed by atoms with Gasteiger partial charge in [0.15, 0.2) is 17.2 Å². The molecule has 15 heavy (non-hydrogen) atoms. The summed E-state index contributed by atoms with van der Waals surface area (Å²) in [7, 11) is 0. The summed E-state index contributed by atoms with van der Waals surface area (Å²) < 4.78 is 6.91. The van der Waals surface area contributed by atoms with Gasteiger partial charge in [0, 0.05) is 20.1 Å². The Balaban J connectivity index is 2.21. The molecule has 0 radical (unpaired) electrons. The molecule has 0 bridgehead atoms. The minimum atomic E-state index is -0.210. The third-order valence-electron chi connectivity index (χ3n) is 2.61. The fourth-order valence-corrected chi connectivity index (χ4v) is 1.77. The molecule has 0 spiro atoms. The molecule has 0 aromatic carbocycles. The Kier molecular flexibility index (Phi) is 2.73. The number of ether oxygens (including phenoxy) is 1. The summed E-state index contributed by atoms with van der Waals surface area (Å²) in [4.78, 5) is 11.1. The fourth-order valence-electron chi connectivity index (χ4n) is 1.77. The largest absolute Gasteiger partial charge is 0.504 e. The molecule has 0 saturated carbocycles. The van der Waals surface area contributed by atoms with Crippen molar-refractivity contribution in [3.05, 3.63) is 11.9 Å². The second-order valence-electron chi connectivity index (χ2n) is 3.74. The van der Waals surface area contributed by atoms with E-state index in [9.17, 15) is 9.90 Å². The van der Waals surface area contributed by atoms with Gasteiger partial charge in [-0.05, 0) is 12.8 Å². The van der Waals surface area contributed by atoms with Gasteiger partial charge in [-0.3, -0.25) is 9.48 Å². The number of rotatable bonds is 2. The van der Waals surface area contributed by atoms with Crippen LogP contribution in [0.2, 0.25) is 0 Å². The van der Waals surface area contributed by atoms with Crippen molar-refractivity contribution in [2.75, 3.05) is 13.2 Å². The molecule has 2 heterocycles. The van der Waals surface area contributed by atoms with Crippen LogP contribution in [0.5, 0.6) is 5.75 Å². The molecular weight excluding hydrogens is 196 g/mol. The Morgan fingerprint density at radius 3 is 2.80 bits per heavy atom. The molecule has 5 nitrogen and oxygen atoms in total. The molecule has 1 saturated heterocycles. The normalized spacial score (nSPS) is 17.9. The summed E-state index contributed by atoms with van der Waals surface area (Å²) in [6.45, 7) is 2.82. The smallest absolute Gasteiger partial charge is 0.183 e. The zero-order chi connectivity index (χ0) is 10.8. The summed E-state index contributed by atoms with van der Waals surface area (Å²) in [5.41, 5.74) is 0.154. The second-order valence-corrected chi connectivity index (χ2v) is 3.74. The highest BCUT2D eigenvalue weighted by atomic mass is 16.5. The minimum absolute atomic E-state index is 0.0333. The van der Waals surface area contributed by atoms with Gasteiger partial charge in [-0.25, -0.2) is 0 Å². The van der Waals surface area contributed by atoms with Gasteiger partial charge in [0.2, 0.25) is 0 Å². The van der Waals surface area contributed by atoms with Crippen LogP contribution in [0.4, 0.5) is 0 Å². The van der Waals surface area contributed by atoms with Crippen LogP contribution in [-0.2, 0) is 4.74 Å². The molecule has 1 aromatic heterocycles. The van der Waals surface area contributed by atoms with Crippen LogP contribution in [-0.4, -0.2) is 33.9 Å². The van der Waals surface area contributed by atoms with Crippen LogP contribution in [0.15, 0.2) is 6.20 Å². The lowest BCUT2D eigenvalue weighted by molar-refractivity contribution is 0.0660. The quantitative estimate of drug-likeness (QED) is 0.743. The van der Waals surface area contributed by atoms with Crippen molar-refractivity contribution < 1.29 is 14.6 Å². The highest BCUT2D eigenvalue weighted by Crippen LogP contribution is 2.24. The van der Waals surface area contributed by atoms with Gasteiger partial charge >= 0.3 is 0 Å². The van der Waals surface area contributed by atoms with Gasteiger partial charge in [0.1, 0.15) is 0 Å². The maximum absolute atomic E-state index is 11.1. The van der Waals surface area contributed by atoms with E-state index in [4.69, 9.17) is 4.74 Å². The molecule has 82 valence electrons. The molecule has 0 unspecified atom stereocenters. The number of nitrogens with zero attached hydrogens (tertiary/aromatic N) is 2. The Bertz CT molecular complexity index is 367. The van der Waals surface area contributed by atoms with Crippen molar-refractivity contribution in [2.45, 2.75) is 25.8 Å². The van der Waals surface area contributed by atoms with Gasteiger partial charge in [-0.2, -0.15) is 5.10 Å². The Morgan fingerprint density at radius 2 is 2.27 bits per heavy atom. The van der Waals surface area contributed by atoms with E-state index in [0.29, 0.717) is 13.2 Å². The summed E-state index contributed by atoms with van der Waals surface area (Å²) in [5, 5.41) is 13.6. The van der Waals surface area contributed by atoms with Gasteiger partial charge < -0.3 is 9.84 Å². The van der Waals surface area contributed by atoms with E-state index in [-0.39, 0.29) is 23.3 Å². The maximum atomic E-state index is 11.1. The summed E-state index contributed by atoms with van der Waals surface area (Å²) in [6.07, 6.45) is 3.27. The highest BCUT2D eigenvalue weighted by molar-refractivity contribution is 5.94. The molecule has 1 aliphatic rings. The third kappa shape index (κ3) is 2.02. The standard InChI is InChI=1S/C10H14N2O3/c1-7(13)10-9(14)6-12(11-10)8-2-4-15-5-3-8/h6,8,14H,2-5H2,1H3. The number of hydrogen-bond donors (Lipinski definition) is 1. The first-order chi connectivity index (χ1) is 7.18. The van der Waals surface area contributed by atoms with Gasteiger partial charge in [0.05, 0.1) is 12.2 Å². The molecule has 1 N–H and O–H groups in total. The van der Waals surface area contributed by atoms with E-state index in [0.717, 1.165) is 12.8 Å². The zero-order valence-electron chi connectivity index (χ0n) is 8.64. The maximum Gasteiger partial charge on any atom is 0.183 e. The minimum Gasteiger partial charge on any atom is -0.504 e. The molecule has 5 heteroatoms. The van der Waals surface area contributed by atoms with Crippen molar-refractivity contribution in [3.63, 3.8) is 0 Å². The summed E-state index contributed by atoms with van der Waals surface area (Å²) >= 11 is 0. The highest BCUT2D eigenvalue weighted by Gasteiger charge is 2.20. The number of aromatic nitrogens is 2. The van der Waals surface area contributed by atoms with E-state index in [1.54, 1.807) is 4.68 Å². The lowest BCUT2D eigenvalue weighted by Gasteiger charge is -2.21. The number of ketones is 1. The van der Waals surface area contributed by atoms with Gasteiger partial charge in [-0.1, -0.05) is 0 Å². The summed E-state index contributed by atoms with van der Waals surface area (Å²) in [5.74, 6) is -0.243.